The van der Waals surface area contributed by atoms with Crippen LogP contribution in [0.3, 0.4) is 0 Å². The fraction of sp³-hybridized carbons (Fsp3) is 0.160. The summed E-state index contributed by atoms with van der Waals surface area (Å²) in [6.45, 7) is 12.6. The van der Waals surface area contributed by atoms with Crippen LogP contribution in [0.25, 0.3) is 72.4 Å². The zero-order chi connectivity index (χ0) is 40.0. The molecular formula is C50H45IrN3OSi-2. The molecule has 0 bridgehead atoms. The van der Waals surface area contributed by atoms with E-state index in [0.29, 0.717) is 0 Å². The summed E-state index contributed by atoms with van der Waals surface area (Å²) in [5.74, 6) is 0.816. The molecule has 0 fully saturated rings. The van der Waals surface area contributed by atoms with Gasteiger partial charge in [-0.25, -0.2) is 0 Å². The molecule has 0 atom stereocenters. The quantitative estimate of drug-likeness (QED) is 0.123. The molecule has 9 aromatic rings. The largest absolute Gasteiger partial charge is 0.501 e. The molecule has 281 valence electrons. The molecule has 9 rings (SSSR count). The molecule has 0 N–H and O–H groups in total. The molecule has 1 radical (unpaired) electrons. The maximum absolute atomic E-state index is 8.75. The average molecular weight is 926 g/mol. The van der Waals surface area contributed by atoms with Crippen molar-refractivity contribution in [3.05, 3.63) is 169 Å². The molecule has 3 aromatic heterocycles. The number of fused-ring (bicyclic) bond motifs is 4. The van der Waals surface area contributed by atoms with Crippen LogP contribution in [0.4, 0.5) is 0 Å². The van der Waals surface area contributed by atoms with Gasteiger partial charge in [-0.1, -0.05) is 136 Å². The fourth-order valence-electron chi connectivity index (χ4n) is 7.03. The SMILES string of the molecule is [2H]C([2H])(c1cc(-c2[c-]cccc2)ncc1[Si](C)(C)C)C(C)(C)C.[Ir].[c-]1ccc2c(oc3ccccc32)c1-c1nc2ccccc2n1-c1cccc(-c2ccccc2)c1. The number of para-hydroxylation sites is 3. The molecule has 3 heterocycles. The van der Waals surface area contributed by atoms with Crippen LogP contribution in [0.15, 0.2) is 156 Å². The van der Waals surface area contributed by atoms with Crippen molar-refractivity contribution in [2.45, 2.75) is 46.8 Å². The number of hydrogen-bond donors (Lipinski definition) is 0. The Morgan fingerprint density at radius 3 is 2.23 bits per heavy atom. The van der Waals surface area contributed by atoms with Gasteiger partial charge in [0.1, 0.15) is 5.58 Å². The third kappa shape index (κ3) is 8.10. The summed E-state index contributed by atoms with van der Waals surface area (Å²) >= 11 is 0. The second-order valence-electron chi connectivity index (χ2n) is 15.9. The van der Waals surface area contributed by atoms with E-state index in [1.807, 2.05) is 93.7 Å². The van der Waals surface area contributed by atoms with Crippen LogP contribution in [-0.2, 0) is 26.5 Å². The van der Waals surface area contributed by atoms with E-state index < -0.39 is 19.9 Å². The number of benzene rings is 6. The molecule has 0 aliphatic carbocycles. The standard InChI is InChI=1S/C31H19N2O.C19H26NSi.Ir/c1-2-10-21(11-3-1)22-12-8-13-23(20-22)33-28-18-6-5-17-27(28)32-31(33)26-16-9-15-25-24-14-4-7-19-29(24)34-30(25)26;1-19(2,3)13-16-12-17(15-10-8-7-9-11-15)20-14-18(16)21(4,5)6;/h1-15,17-20H;7-10,12,14H,13H2,1-6H3;/q2*-1;/i;13D2;. The summed E-state index contributed by atoms with van der Waals surface area (Å²) in [6, 6.07) is 55.7. The molecule has 0 saturated heterocycles. The predicted molar refractivity (Wildman–Crippen MR) is 233 cm³/mol. The van der Waals surface area contributed by atoms with E-state index in [0.717, 1.165) is 77.6 Å². The molecule has 0 unspecified atom stereocenters. The Bertz CT molecular complexity index is 2860. The first-order valence-corrected chi connectivity index (χ1v) is 22.2. The van der Waals surface area contributed by atoms with Gasteiger partial charge in [0, 0.05) is 40.1 Å². The van der Waals surface area contributed by atoms with Crippen LogP contribution >= 0.6 is 0 Å². The summed E-state index contributed by atoms with van der Waals surface area (Å²) < 4.78 is 26.0. The normalized spacial score (nSPS) is 12.5. The Morgan fingerprint density at radius 2 is 1.46 bits per heavy atom. The van der Waals surface area contributed by atoms with Crippen molar-refractivity contribution in [2.75, 3.05) is 0 Å². The van der Waals surface area contributed by atoms with Gasteiger partial charge in [0.2, 0.25) is 0 Å². The van der Waals surface area contributed by atoms with E-state index in [2.05, 4.69) is 120 Å². The zero-order valence-electron chi connectivity index (χ0n) is 34.5. The van der Waals surface area contributed by atoms with Crippen molar-refractivity contribution >= 4 is 46.2 Å². The molecule has 6 aromatic carbocycles. The van der Waals surface area contributed by atoms with E-state index in [-0.39, 0.29) is 20.1 Å². The van der Waals surface area contributed by atoms with Gasteiger partial charge in [-0.15, -0.1) is 54.1 Å². The van der Waals surface area contributed by atoms with E-state index >= 15 is 0 Å². The number of hydrogen-bond acceptors (Lipinski definition) is 3. The Labute approximate surface area is 347 Å². The minimum Gasteiger partial charge on any atom is -0.501 e. The van der Waals surface area contributed by atoms with E-state index in [1.165, 1.54) is 5.56 Å². The van der Waals surface area contributed by atoms with Crippen molar-refractivity contribution in [2.24, 2.45) is 5.41 Å². The van der Waals surface area contributed by atoms with Crippen LogP contribution in [0.2, 0.25) is 19.6 Å². The molecule has 0 aliphatic heterocycles. The van der Waals surface area contributed by atoms with Crippen LogP contribution in [0.1, 0.15) is 29.1 Å². The number of pyridine rings is 1. The second-order valence-corrected chi connectivity index (χ2v) is 20.9. The van der Waals surface area contributed by atoms with Gasteiger partial charge in [0.15, 0.2) is 0 Å². The van der Waals surface area contributed by atoms with Crippen LogP contribution in [0.5, 0.6) is 0 Å². The van der Waals surface area contributed by atoms with E-state index in [1.54, 1.807) is 0 Å². The number of aromatic nitrogens is 3. The zero-order valence-corrected chi connectivity index (χ0v) is 35.9. The summed E-state index contributed by atoms with van der Waals surface area (Å²) in [6.07, 6.45) is 0.469. The minimum absolute atomic E-state index is 0. The second kappa shape index (κ2) is 16.0. The third-order valence-electron chi connectivity index (χ3n) is 9.54. The Balaban J connectivity index is 0.000000188. The van der Waals surface area contributed by atoms with Crippen LogP contribution in [-0.4, -0.2) is 22.6 Å². The molecule has 0 saturated carbocycles. The summed E-state index contributed by atoms with van der Waals surface area (Å²) in [5.41, 5.74) is 9.89. The first kappa shape index (κ1) is 36.3. The van der Waals surface area contributed by atoms with E-state index in [4.69, 9.17) is 12.1 Å². The van der Waals surface area contributed by atoms with Crippen molar-refractivity contribution in [3.8, 4) is 39.5 Å². The van der Waals surface area contributed by atoms with Gasteiger partial charge in [-0.3, -0.25) is 4.98 Å². The van der Waals surface area contributed by atoms with Gasteiger partial charge in [-0.05, 0) is 64.1 Å². The molecular weight excluding hydrogens is 879 g/mol. The minimum atomic E-state index is -1.70. The summed E-state index contributed by atoms with van der Waals surface area (Å²) in [7, 11) is -1.70. The van der Waals surface area contributed by atoms with Crippen molar-refractivity contribution in [3.63, 3.8) is 0 Å². The topological polar surface area (TPSA) is 43.9 Å². The van der Waals surface area contributed by atoms with Crippen molar-refractivity contribution in [1.29, 1.82) is 0 Å². The van der Waals surface area contributed by atoms with Gasteiger partial charge < -0.3 is 14.0 Å². The van der Waals surface area contributed by atoms with Gasteiger partial charge in [-0.2, -0.15) is 0 Å². The summed E-state index contributed by atoms with van der Waals surface area (Å²) in [4.78, 5) is 9.66. The average Bonchev–Trinajstić information content (AvgIpc) is 3.80. The van der Waals surface area contributed by atoms with Gasteiger partial charge in [0.25, 0.3) is 0 Å². The third-order valence-corrected chi connectivity index (χ3v) is 11.6. The van der Waals surface area contributed by atoms with Crippen LogP contribution < -0.4 is 5.19 Å². The Morgan fingerprint density at radius 1 is 0.732 bits per heavy atom. The first-order valence-electron chi connectivity index (χ1n) is 19.7. The van der Waals surface area contributed by atoms with Crippen LogP contribution in [0, 0.1) is 17.5 Å². The smallest absolute Gasteiger partial charge is 0.120 e. The molecule has 0 amide bonds. The Hall–Kier alpha value is -5.39. The predicted octanol–water partition coefficient (Wildman–Crippen LogP) is 12.7. The first-order chi connectivity index (χ1) is 27.3. The maximum Gasteiger partial charge on any atom is 0.120 e. The molecule has 0 aliphatic rings. The fourth-order valence-corrected chi connectivity index (χ4v) is 8.42. The maximum atomic E-state index is 8.75. The molecule has 0 spiro atoms. The van der Waals surface area contributed by atoms with Gasteiger partial charge >= 0.3 is 0 Å². The monoisotopic (exact) mass is 926 g/mol. The number of rotatable bonds is 6. The van der Waals surface area contributed by atoms with Crippen molar-refractivity contribution in [1.82, 2.24) is 14.5 Å². The number of furan rings is 1. The van der Waals surface area contributed by atoms with E-state index in [9.17, 15) is 0 Å². The summed E-state index contributed by atoms with van der Waals surface area (Å²) in [5, 5.41) is 3.26. The van der Waals surface area contributed by atoms with Gasteiger partial charge in [0.05, 0.1) is 30.5 Å². The number of nitrogens with zero attached hydrogens (tertiary/aromatic N) is 3. The number of imidazole rings is 1. The molecule has 56 heavy (non-hydrogen) atoms. The Kier molecular flexibility index (Phi) is 10.4. The molecule has 4 nitrogen and oxygen atoms in total. The van der Waals surface area contributed by atoms with Crippen molar-refractivity contribution < 1.29 is 27.3 Å². The molecule has 6 heteroatoms.